The van der Waals surface area contributed by atoms with Crippen molar-refractivity contribution in [3.63, 3.8) is 0 Å². The highest BCUT2D eigenvalue weighted by Gasteiger charge is 2.10. The Labute approximate surface area is 105 Å². The number of ether oxygens (including phenoxy) is 1. The molecule has 2 atom stereocenters. The maximum atomic E-state index is 9.72. The van der Waals surface area contributed by atoms with Crippen LogP contribution in [0.1, 0.15) is 50.8 Å². The predicted molar refractivity (Wildman–Crippen MR) is 71.4 cm³/mol. The van der Waals surface area contributed by atoms with Gasteiger partial charge in [-0.2, -0.15) is 0 Å². The number of aliphatic hydroxyl groups is 1. The lowest BCUT2D eigenvalue weighted by molar-refractivity contribution is 0.186. The van der Waals surface area contributed by atoms with Gasteiger partial charge in [0.25, 0.3) is 0 Å². The van der Waals surface area contributed by atoms with E-state index in [2.05, 4.69) is 13.8 Å². The first-order valence-electron chi connectivity index (χ1n) is 6.46. The van der Waals surface area contributed by atoms with Gasteiger partial charge >= 0.3 is 0 Å². The van der Waals surface area contributed by atoms with Gasteiger partial charge in [-0.25, -0.2) is 0 Å². The maximum Gasteiger partial charge on any atom is 0.125 e. The molecule has 0 fully saturated rings. The average Bonchev–Trinajstić information content (AvgIpc) is 2.27. The molecule has 0 aliphatic rings. The van der Waals surface area contributed by atoms with Crippen LogP contribution in [0.15, 0.2) is 18.2 Å². The summed E-state index contributed by atoms with van der Waals surface area (Å²) in [5, 5.41) is 9.72. The van der Waals surface area contributed by atoms with Crippen LogP contribution in [0.2, 0.25) is 0 Å². The molecule has 1 aromatic carbocycles. The molecule has 0 bridgehead atoms. The van der Waals surface area contributed by atoms with Crippen molar-refractivity contribution < 1.29 is 9.84 Å². The Hall–Kier alpha value is -1.02. The number of aryl methyl sites for hydroxylation is 1. The van der Waals surface area contributed by atoms with E-state index in [4.69, 9.17) is 4.74 Å². The van der Waals surface area contributed by atoms with E-state index in [1.165, 1.54) is 12.8 Å². The Bertz CT molecular complexity index is 345. The third-order valence-corrected chi connectivity index (χ3v) is 2.92. The van der Waals surface area contributed by atoms with Gasteiger partial charge in [0.1, 0.15) is 5.75 Å². The van der Waals surface area contributed by atoms with E-state index in [1.54, 1.807) is 6.92 Å². The van der Waals surface area contributed by atoms with Crippen molar-refractivity contribution >= 4 is 0 Å². The summed E-state index contributed by atoms with van der Waals surface area (Å²) in [5.41, 5.74) is 2.03. The zero-order chi connectivity index (χ0) is 12.8. The van der Waals surface area contributed by atoms with E-state index in [9.17, 15) is 5.11 Å². The van der Waals surface area contributed by atoms with Gasteiger partial charge in [-0.15, -0.1) is 0 Å². The zero-order valence-electron chi connectivity index (χ0n) is 11.4. The van der Waals surface area contributed by atoms with Crippen LogP contribution in [0.4, 0.5) is 0 Å². The second kappa shape index (κ2) is 6.65. The summed E-state index contributed by atoms with van der Waals surface area (Å²) in [6.07, 6.45) is 1.88. The Morgan fingerprint density at radius 1 is 1.29 bits per heavy atom. The lowest BCUT2D eigenvalue weighted by atomic mass is 10.1. The van der Waals surface area contributed by atoms with Gasteiger partial charge < -0.3 is 9.84 Å². The molecule has 1 rings (SSSR count). The first-order valence-corrected chi connectivity index (χ1v) is 6.46. The van der Waals surface area contributed by atoms with Crippen LogP contribution in [0.5, 0.6) is 5.75 Å². The molecule has 17 heavy (non-hydrogen) atoms. The largest absolute Gasteiger partial charge is 0.493 e. The second-order valence-corrected chi connectivity index (χ2v) is 4.92. The Kier molecular flexibility index (Phi) is 5.49. The van der Waals surface area contributed by atoms with Gasteiger partial charge in [-0.1, -0.05) is 31.9 Å². The van der Waals surface area contributed by atoms with Crippen LogP contribution < -0.4 is 4.74 Å². The molecule has 0 saturated carbocycles. The zero-order valence-corrected chi connectivity index (χ0v) is 11.4. The van der Waals surface area contributed by atoms with E-state index < -0.39 is 6.10 Å². The molecule has 2 nitrogen and oxygen atoms in total. The highest BCUT2D eigenvalue weighted by Crippen LogP contribution is 2.26. The molecule has 0 aliphatic heterocycles. The highest BCUT2D eigenvalue weighted by molar-refractivity contribution is 5.38. The van der Waals surface area contributed by atoms with Crippen LogP contribution in [-0.2, 0) is 0 Å². The molecule has 2 unspecified atom stereocenters. The number of benzene rings is 1. The Morgan fingerprint density at radius 3 is 2.59 bits per heavy atom. The standard InChI is InChI=1S/C15H24O2/c1-5-6-12(3)10-17-15-8-7-11(2)9-14(15)13(4)16/h7-9,12-13,16H,5-6,10H2,1-4H3. The monoisotopic (exact) mass is 236 g/mol. The molecular weight excluding hydrogens is 212 g/mol. The topological polar surface area (TPSA) is 29.5 Å². The molecule has 0 amide bonds. The van der Waals surface area contributed by atoms with Gasteiger partial charge in [0.15, 0.2) is 0 Å². The summed E-state index contributed by atoms with van der Waals surface area (Å²) in [6, 6.07) is 5.96. The molecule has 0 aromatic heterocycles. The summed E-state index contributed by atoms with van der Waals surface area (Å²) >= 11 is 0. The molecule has 96 valence electrons. The molecule has 1 N–H and O–H groups in total. The predicted octanol–water partition coefficient (Wildman–Crippen LogP) is 3.86. The molecule has 0 saturated heterocycles. The van der Waals surface area contributed by atoms with Gasteiger partial charge in [0.2, 0.25) is 0 Å². The van der Waals surface area contributed by atoms with Crippen LogP contribution in [0.3, 0.4) is 0 Å². The van der Waals surface area contributed by atoms with Crippen LogP contribution >= 0.6 is 0 Å². The summed E-state index contributed by atoms with van der Waals surface area (Å²) in [7, 11) is 0. The van der Waals surface area contributed by atoms with Crippen LogP contribution in [-0.4, -0.2) is 11.7 Å². The molecule has 0 heterocycles. The van der Waals surface area contributed by atoms with E-state index >= 15 is 0 Å². The summed E-state index contributed by atoms with van der Waals surface area (Å²) in [5.74, 6) is 1.37. The van der Waals surface area contributed by atoms with Gasteiger partial charge in [0.05, 0.1) is 12.7 Å². The molecule has 0 radical (unpaired) electrons. The minimum atomic E-state index is -0.480. The van der Waals surface area contributed by atoms with E-state index in [0.717, 1.165) is 23.5 Å². The summed E-state index contributed by atoms with van der Waals surface area (Å²) < 4.78 is 5.81. The number of hydrogen-bond donors (Lipinski definition) is 1. The van der Waals surface area contributed by atoms with Gasteiger partial charge in [0, 0.05) is 5.56 Å². The molecule has 0 spiro atoms. The number of rotatable bonds is 6. The van der Waals surface area contributed by atoms with Crippen LogP contribution in [0, 0.1) is 12.8 Å². The van der Waals surface area contributed by atoms with Crippen molar-refractivity contribution in [3.8, 4) is 5.75 Å². The third-order valence-electron chi connectivity index (χ3n) is 2.92. The summed E-state index contributed by atoms with van der Waals surface area (Å²) in [6.45, 7) is 8.90. The SMILES string of the molecule is CCCC(C)COc1ccc(C)cc1C(C)O. The smallest absolute Gasteiger partial charge is 0.125 e. The van der Waals surface area contributed by atoms with Crippen molar-refractivity contribution in [2.75, 3.05) is 6.61 Å². The minimum Gasteiger partial charge on any atom is -0.493 e. The van der Waals surface area contributed by atoms with E-state index in [0.29, 0.717) is 5.92 Å². The number of aliphatic hydroxyl groups excluding tert-OH is 1. The average molecular weight is 236 g/mol. The quantitative estimate of drug-likeness (QED) is 0.812. The third kappa shape index (κ3) is 4.39. The van der Waals surface area contributed by atoms with Crippen molar-refractivity contribution in [2.24, 2.45) is 5.92 Å². The molecule has 2 heteroatoms. The van der Waals surface area contributed by atoms with E-state index in [1.807, 2.05) is 25.1 Å². The van der Waals surface area contributed by atoms with Crippen molar-refractivity contribution in [2.45, 2.75) is 46.6 Å². The van der Waals surface area contributed by atoms with Gasteiger partial charge in [-0.05, 0) is 38.3 Å². The first-order chi connectivity index (χ1) is 8.04. The fourth-order valence-electron chi connectivity index (χ4n) is 1.93. The fraction of sp³-hybridized carbons (Fsp3) is 0.600. The van der Waals surface area contributed by atoms with Gasteiger partial charge in [-0.3, -0.25) is 0 Å². The molecule has 1 aromatic rings. The van der Waals surface area contributed by atoms with Crippen LogP contribution in [0.25, 0.3) is 0 Å². The molecule has 0 aliphatic carbocycles. The number of hydrogen-bond acceptors (Lipinski definition) is 2. The van der Waals surface area contributed by atoms with Crippen molar-refractivity contribution in [3.05, 3.63) is 29.3 Å². The normalized spacial score (nSPS) is 14.4. The molecular formula is C15H24O2. The van der Waals surface area contributed by atoms with Crippen molar-refractivity contribution in [1.82, 2.24) is 0 Å². The van der Waals surface area contributed by atoms with E-state index in [-0.39, 0.29) is 0 Å². The minimum absolute atomic E-state index is 0.480. The van der Waals surface area contributed by atoms with Crippen molar-refractivity contribution in [1.29, 1.82) is 0 Å². The fourth-order valence-corrected chi connectivity index (χ4v) is 1.93. The summed E-state index contributed by atoms with van der Waals surface area (Å²) in [4.78, 5) is 0. The highest BCUT2D eigenvalue weighted by atomic mass is 16.5. The second-order valence-electron chi connectivity index (χ2n) is 4.92. The lowest BCUT2D eigenvalue weighted by Gasteiger charge is -2.17. The Morgan fingerprint density at radius 2 is 2.00 bits per heavy atom. The maximum absolute atomic E-state index is 9.72. The Balaban J connectivity index is 2.70. The lowest BCUT2D eigenvalue weighted by Crippen LogP contribution is -2.10. The first kappa shape index (κ1) is 14.0.